The van der Waals surface area contributed by atoms with Crippen LogP contribution in [-0.4, -0.2) is 77.0 Å². The molecule has 36 heavy (non-hydrogen) atoms. The predicted octanol–water partition coefficient (Wildman–Crippen LogP) is 4.99. The summed E-state index contributed by atoms with van der Waals surface area (Å²) in [4.78, 5) is 20.7. The number of rotatable bonds is 6. The fourth-order valence-corrected chi connectivity index (χ4v) is 5.28. The van der Waals surface area contributed by atoms with Crippen LogP contribution in [0.5, 0.6) is 5.75 Å². The van der Waals surface area contributed by atoms with Crippen LogP contribution in [0.4, 0.5) is 15.1 Å². The van der Waals surface area contributed by atoms with Gasteiger partial charge in [0.1, 0.15) is 23.2 Å². The van der Waals surface area contributed by atoms with Crippen LogP contribution in [0.2, 0.25) is 0 Å². The molecule has 3 heterocycles. The molecule has 2 saturated heterocycles. The molecular weight excluding hydrogens is 533 g/mol. The molecule has 0 N–H and O–H groups in total. The van der Waals surface area contributed by atoms with Gasteiger partial charge in [-0.15, -0.1) is 10.2 Å². The molecule has 0 radical (unpaired) electrons. The van der Waals surface area contributed by atoms with E-state index in [0.717, 1.165) is 17.3 Å². The van der Waals surface area contributed by atoms with E-state index in [9.17, 15) is 4.79 Å². The number of nitrogens with zero attached hydrogens (tertiary/aromatic N) is 5. The Bertz CT molecular complexity index is 1070. The number of fused-ring (bicyclic) bond motifs is 2. The van der Waals surface area contributed by atoms with Crippen molar-refractivity contribution in [3.05, 3.63) is 28.9 Å². The number of hydrogen-bond donors (Lipinski definition) is 0. The van der Waals surface area contributed by atoms with E-state index >= 15 is 4.39 Å². The second-order valence-electron chi connectivity index (χ2n) is 10.2. The van der Waals surface area contributed by atoms with Gasteiger partial charge in [-0.1, -0.05) is 15.9 Å². The number of aromatic nitrogens is 3. The van der Waals surface area contributed by atoms with E-state index in [1.807, 2.05) is 39.0 Å². The van der Waals surface area contributed by atoms with Crippen LogP contribution in [-0.2, 0) is 9.47 Å². The number of hydrogen-bond acceptors (Lipinski definition) is 8. The molecule has 1 aromatic heterocycles. The van der Waals surface area contributed by atoms with Crippen LogP contribution in [0, 0.1) is 0 Å². The van der Waals surface area contributed by atoms with Crippen molar-refractivity contribution < 1.29 is 23.4 Å². The molecule has 0 aliphatic carbocycles. The Labute approximate surface area is 219 Å². The van der Waals surface area contributed by atoms with Gasteiger partial charge in [0.15, 0.2) is 6.79 Å². The average molecular weight is 566 g/mol. The molecule has 2 fully saturated rings. The number of alkyl halides is 1. The van der Waals surface area contributed by atoms with Gasteiger partial charge in [0.25, 0.3) is 0 Å². The van der Waals surface area contributed by atoms with Crippen molar-refractivity contribution >= 4 is 28.0 Å². The smallest absolute Gasteiger partial charge is 0.410 e. The Kier molecular flexibility index (Phi) is 7.99. The van der Waals surface area contributed by atoms with Crippen LogP contribution in [0.15, 0.2) is 28.9 Å². The summed E-state index contributed by atoms with van der Waals surface area (Å²) in [5, 5.41) is 8.65. The monoisotopic (exact) mass is 565 g/mol. The Morgan fingerprint density at radius 3 is 2.72 bits per heavy atom. The number of amides is 1. The van der Waals surface area contributed by atoms with Gasteiger partial charge in [0, 0.05) is 30.2 Å². The summed E-state index contributed by atoms with van der Waals surface area (Å²) < 4.78 is 33.0. The highest BCUT2D eigenvalue weighted by Gasteiger charge is 2.50. The highest BCUT2D eigenvalue weighted by Crippen LogP contribution is 2.39. The first-order valence-electron chi connectivity index (χ1n) is 12.1. The van der Waals surface area contributed by atoms with E-state index in [0.29, 0.717) is 35.8 Å². The molecule has 4 atom stereocenters. The molecule has 2 aromatic rings. The summed E-state index contributed by atoms with van der Waals surface area (Å²) in [5.74, 6) is 0.904. The highest BCUT2D eigenvalue weighted by atomic mass is 79.9. The van der Waals surface area contributed by atoms with Crippen molar-refractivity contribution in [3.8, 4) is 17.0 Å². The third-order valence-corrected chi connectivity index (χ3v) is 7.05. The first-order chi connectivity index (χ1) is 17.1. The predicted molar refractivity (Wildman–Crippen MR) is 137 cm³/mol. The summed E-state index contributed by atoms with van der Waals surface area (Å²) in [6.45, 7) is 5.56. The maximum absolute atomic E-state index is 15.9. The number of carbonyl (C=O) groups is 1. The molecule has 1 aromatic carbocycles. The molecule has 0 saturated carbocycles. The topological polar surface area (TPSA) is 89.9 Å². The van der Waals surface area contributed by atoms with Crippen molar-refractivity contribution in [1.82, 2.24) is 20.1 Å². The Morgan fingerprint density at radius 1 is 1.28 bits per heavy atom. The second-order valence-corrected chi connectivity index (χ2v) is 11.1. The van der Waals surface area contributed by atoms with E-state index in [1.165, 1.54) is 0 Å². The minimum Gasteiger partial charge on any atom is -0.467 e. The summed E-state index contributed by atoms with van der Waals surface area (Å²) in [6.07, 6.45) is 2.68. The van der Waals surface area contributed by atoms with E-state index < -0.39 is 29.9 Å². The molecule has 2 aliphatic heterocycles. The zero-order valence-electron chi connectivity index (χ0n) is 21.3. The number of methoxy groups -OCH3 is 1. The lowest BCUT2D eigenvalue weighted by Gasteiger charge is -2.51. The molecule has 2 aliphatic rings. The van der Waals surface area contributed by atoms with Crippen LogP contribution in [0.3, 0.4) is 0 Å². The molecular formula is C25H33BrFN5O4. The van der Waals surface area contributed by atoms with Crippen molar-refractivity contribution in [1.29, 1.82) is 0 Å². The summed E-state index contributed by atoms with van der Waals surface area (Å²) in [5.41, 5.74) is 0.613. The minimum absolute atomic E-state index is 0.0893. The van der Waals surface area contributed by atoms with Gasteiger partial charge >= 0.3 is 6.09 Å². The van der Waals surface area contributed by atoms with E-state index in [1.54, 1.807) is 30.2 Å². The number of halogens is 2. The third-order valence-electron chi connectivity index (χ3n) is 6.56. The van der Waals surface area contributed by atoms with Crippen LogP contribution in [0.25, 0.3) is 11.3 Å². The average Bonchev–Trinajstić information content (AvgIpc) is 2.83. The lowest BCUT2D eigenvalue weighted by molar-refractivity contribution is -0.0468. The molecule has 0 unspecified atom stereocenters. The zero-order valence-corrected chi connectivity index (χ0v) is 22.9. The molecule has 196 valence electrons. The van der Waals surface area contributed by atoms with Gasteiger partial charge in [0.2, 0.25) is 5.95 Å². The second kappa shape index (κ2) is 10.8. The van der Waals surface area contributed by atoms with Gasteiger partial charge in [-0.3, -0.25) is 4.90 Å². The standard InChI is InChI=1S/C25H33BrFN5O4/c1-25(2,3)36-24(33)32-16-7-6-8-19(32)22(27)20(12-16)31(4)23-28-13-18(29-30-23)17-10-9-15(26)11-21(17)35-14-34-5/h9-11,13,16,19-20,22H,6-8,12,14H2,1-5H3/t16-,19+,20-,22+/m1/s1. The van der Waals surface area contributed by atoms with Gasteiger partial charge in [-0.05, 0) is 64.7 Å². The quantitative estimate of drug-likeness (QED) is 0.452. The number of ether oxygens (including phenoxy) is 3. The minimum atomic E-state index is -1.26. The number of anilines is 1. The fraction of sp³-hybridized carbons (Fsp3) is 0.600. The van der Waals surface area contributed by atoms with Gasteiger partial charge in [0.05, 0.1) is 18.3 Å². The first-order valence-corrected chi connectivity index (χ1v) is 12.9. The molecule has 11 heteroatoms. The Hall–Kier alpha value is -2.53. The summed E-state index contributed by atoms with van der Waals surface area (Å²) >= 11 is 3.44. The summed E-state index contributed by atoms with van der Waals surface area (Å²) in [6, 6.07) is 4.46. The van der Waals surface area contributed by atoms with Gasteiger partial charge in [-0.2, -0.15) is 0 Å². The van der Waals surface area contributed by atoms with Gasteiger partial charge < -0.3 is 19.1 Å². The van der Waals surface area contributed by atoms with Crippen molar-refractivity contribution in [2.45, 2.75) is 76.4 Å². The van der Waals surface area contributed by atoms with E-state index in [2.05, 4.69) is 31.1 Å². The lowest BCUT2D eigenvalue weighted by Crippen LogP contribution is -2.65. The lowest BCUT2D eigenvalue weighted by atomic mass is 9.80. The summed E-state index contributed by atoms with van der Waals surface area (Å²) in [7, 11) is 3.33. The Morgan fingerprint density at radius 2 is 2.06 bits per heavy atom. The molecule has 4 rings (SSSR count). The number of carbonyl (C=O) groups excluding carboxylic acids is 1. The maximum atomic E-state index is 15.9. The van der Waals surface area contributed by atoms with Crippen molar-refractivity contribution in [2.24, 2.45) is 0 Å². The fourth-order valence-electron chi connectivity index (χ4n) is 4.94. The molecule has 0 spiro atoms. The highest BCUT2D eigenvalue weighted by molar-refractivity contribution is 9.10. The van der Waals surface area contributed by atoms with Crippen LogP contribution < -0.4 is 9.64 Å². The molecule has 2 bridgehead atoms. The first kappa shape index (κ1) is 26.5. The van der Waals surface area contributed by atoms with Crippen molar-refractivity contribution in [3.63, 3.8) is 0 Å². The van der Waals surface area contributed by atoms with Crippen molar-refractivity contribution in [2.75, 3.05) is 25.9 Å². The SMILES string of the molecule is COCOc1cc(Br)ccc1-c1cnc(N(C)[C@@H]2C[C@H]3CCC[C@@H]([C@@H]2F)N3C(=O)OC(C)(C)C)nn1. The normalized spacial score (nSPS) is 23.8. The third kappa shape index (κ3) is 5.72. The van der Waals surface area contributed by atoms with Crippen LogP contribution in [0.1, 0.15) is 46.5 Å². The largest absolute Gasteiger partial charge is 0.467 e. The zero-order chi connectivity index (χ0) is 26.0. The van der Waals surface area contributed by atoms with Crippen LogP contribution >= 0.6 is 15.9 Å². The molecule has 9 nitrogen and oxygen atoms in total. The number of piperidine rings is 2. The van der Waals surface area contributed by atoms with Gasteiger partial charge in [-0.25, -0.2) is 14.2 Å². The maximum Gasteiger partial charge on any atom is 0.410 e. The van der Waals surface area contributed by atoms with E-state index in [4.69, 9.17) is 14.2 Å². The number of benzene rings is 1. The van der Waals surface area contributed by atoms with E-state index in [-0.39, 0.29) is 12.8 Å². The Balaban J connectivity index is 1.52. The molecule has 1 amide bonds.